The monoisotopic (exact) mass is 114 g/mol. The normalized spacial score (nSPS) is 13.8. The summed E-state index contributed by atoms with van der Waals surface area (Å²) in [6, 6.07) is -0.707. The van der Waals surface area contributed by atoms with Crippen molar-refractivity contribution in [1.82, 2.24) is 0 Å². The Morgan fingerprint density at radius 3 is 2.38 bits per heavy atom. The van der Waals surface area contributed by atoms with E-state index in [1.54, 1.807) is 0 Å². The first-order chi connectivity index (χ1) is 3.77. The van der Waals surface area contributed by atoms with Gasteiger partial charge in [-0.2, -0.15) is 0 Å². The van der Waals surface area contributed by atoms with Crippen molar-refractivity contribution in [3.8, 4) is 0 Å². The van der Waals surface area contributed by atoms with Crippen molar-refractivity contribution in [2.45, 2.75) is 25.3 Å². The summed E-state index contributed by atoms with van der Waals surface area (Å²) in [7, 11) is 5.01. The van der Waals surface area contributed by atoms with E-state index in [2.05, 4.69) is 0 Å². The molecule has 0 heterocycles. The molecule has 2 nitrogen and oxygen atoms in total. The van der Waals surface area contributed by atoms with Gasteiger partial charge in [0, 0.05) is 12.6 Å². The van der Waals surface area contributed by atoms with Crippen molar-refractivity contribution in [2.24, 2.45) is 0 Å². The van der Waals surface area contributed by atoms with Crippen molar-refractivity contribution in [1.29, 1.82) is 0 Å². The van der Waals surface area contributed by atoms with E-state index in [0.29, 0.717) is 6.42 Å². The Morgan fingerprint density at radius 2 is 2.00 bits per heavy atom. The number of aliphatic hydroxyl groups is 2. The molecule has 0 amide bonds. The van der Waals surface area contributed by atoms with Crippen LogP contribution in [0.25, 0.3) is 0 Å². The second-order valence-electron chi connectivity index (χ2n) is 1.79. The van der Waals surface area contributed by atoms with Crippen LogP contribution in [-0.4, -0.2) is 30.7 Å². The van der Waals surface area contributed by atoms with Crippen molar-refractivity contribution >= 4 is 7.85 Å². The minimum absolute atomic E-state index is 0.187. The summed E-state index contributed by atoms with van der Waals surface area (Å²) in [5.41, 5.74) is 0. The molecule has 1 atom stereocenters. The van der Waals surface area contributed by atoms with Crippen LogP contribution in [0.2, 0.25) is 0 Å². The van der Waals surface area contributed by atoms with Crippen LogP contribution in [0.3, 0.4) is 0 Å². The second kappa shape index (κ2) is 5.13. The lowest BCUT2D eigenvalue weighted by Crippen LogP contribution is -2.04. The van der Waals surface area contributed by atoms with Gasteiger partial charge >= 0.3 is 0 Å². The first-order valence-electron chi connectivity index (χ1n) is 2.82. The Balaban J connectivity index is 2.72. The predicted octanol–water partition coefficient (Wildman–Crippen LogP) is -0.364. The highest BCUT2D eigenvalue weighted by Gasteiger charge is 1.92. The number of hydrogen-bond acceptors (Lipinski definition) is 2. The van der Waals surface area contributed by atoms with Crippen LogP contribution in [0.4, 0.5) is 0 Å². The van der Waals surface area contributed by atoms with E-state index in [-0.39, 0.29) is 6.61 Å². The van der Waals surface area contributed by atoms with Crippen LogP contribution in [-0.2, 0) is 0 Å². The molecule has 0 aliphatic heterocycles. The third-order valence-corrected chi connectivity index (χ3v) is 0.908. The molecule has 0 saturated carbocycles. The van der Waals surface area contributed by atoms with Crippen LogP contribution in [0, 0.1) is 0 Å². The van der Waals surface area contributed by atoms with E-state index in [1.807, 2.05) is 0 Å². The molecule has 0 spiro atoms. The molecular weight excluding hydrogens is 103 g/mol. The molecule has 8 heavy (non-hydrogen) atoms. The summed E-state index contributed by atoms with van der Waals surface area (Å²) >= 11 is 0. The van der Waals surface area contributed by atoms with E-state index in [4.69, 9.17) is 18.1 Å². The molecule has 0 aliphatic carbocycles. The third-order valence-electron chi connectivity index (χ3n) is 0.908. The molecule has 3 heteroatoms. The molecule has 0 aromatic rings. The van der Waals surface area contributed by atoms with E-state index in [0.717, 1.165) is 12.8 Å². The zero-order valence-corrected chi connectivity index (χ0v) is 4.88. The first kappa shape index (κ1) is 7.98. The van der Waals surface area contributed by atoms with Gasteiger partial charge in [0.2, 0.25) is 0 Å². The summed E-state index contributed by atoms with van der Waals surface area (Å²) < 4.78 is 0. The molecule has 1 unspecified atom stereocenters. The summed E-state index contributed by atoms with van der Waals surface area (Å²) in [5, 5.41) is 16.7. The average Bonchev–Trinajstić information content (AvgIpc) is 1.66. The maximum absolute atomic E-state index is 8.48. The number of unbranched alkanes of at least 4 members (excludes halogenated alkanes) is 1. The van der Waals surface area contributed by atoms with Gasteiger partial charge in [-0.15, -0.1) is 0 Å². The Hall–Kier alpha value is -0.0151. The van der Waals surface area contributed by atoms with Crippen molar-refractivity contribution < 1.29 is 10.2 Å². The summed E-state index contributed by atoms with van der Waals surface area (Å²) in [6.07, 6.45) is 2.11. The van der Waals surface area contributed by atoms with Crippen molar-refractivity contribution in [3.63, 3.8) is 0 Å². The standard InChI is InChI=1S/C5H11BO2/c6-5(8)3-1-2-4-7/h5,7-8H,1-4H2. The average molecular weight is 114 g/mol. The van der Waals surface area contributed by atoms with Gasteiger partial charge in [-0.05, 0) is 19.3 Å². The van der Waals surface area contributed by atoms with Gasteiger partial charge in [-0.25, -0.2) is 0 Å². The Kier molecular flexibility index (Phi) is 5.12. The van der Waals surface area contributed by atoms with Crippen molar-refractivity contribution in [3.05, 3.63) is 0 Å². The summed E-state index contributed by atoms with van der Waals surface area (Å²) in [4.78, 5) is 0. The highest BCUT2D eigenvalue weighted by Crippen LogP contribution is 1.95. The van der Waals surface area contributed by atoms with Gasteiger partial charge in [0.1, 0.15) is 7.85 Å². The summed E-state index contributed by atoms with van der Waals surface area (Å²) in [5.74, 6) is 0. The quantitative estimate of drug-likeness (QED) is 0.386. The largest absolute Gasteiger partial charge is 0.403 e. The van der Waals surface area contributed by atoms with Gasteiger partial charge in [0.25, 0.3) is 0 Å². The van der Waals surface area contributed by atoms with E-state index >= 15 is 0 Å². The van der Waals surface area contributed by atoms with Gasteiger partial charge in [-0.3, -0.25) is 0 Å². The highest BCUT2D eigenvalue weighted by molar-refractivity contribution is 6.10. The zero-order valence-electron chi connectivity index (χ0n) is 4.88. The topological polar surface area (TPSA) is 40.5 Å². The molecule has 0 fully saturated rings. The number of hydrogen-bond donors (Lipinski definition) is 2. The molecule has 0 bridgehead atoms. The maximum Gasteiger partial charge on any atom is 0.108 e. The van der Waals surface area contributed by atoms with Crippen LogP contribution >= 0.6 is 0 Å². The first-order valence-corrected chi connectivity index (χ1v) is 2.82. The van der Waals surface area contributed by atoms with Gasteiger partial charge in [0.15, 0.2) is 0 Å². The lowest BCUT2D eigenvalue weighted by Gasteiger charge is -2.00. The molecular formula is C5H11BO2. The summed E-state index contributed by atoms with van der Waals surface area (Å²) in [6.45, 7) is 0.187. The number of aliphatic hydroxyl groups excluding tert-OH is 2. The SMILES string of the molecule is [B]C(O)CCCCO. The lowest BCUT2D eigenvalue weighted by atomic mass is 9.95. The van der Waals surface area contributed by atoms with E-state index in [1.165, 1.54) is 0 Å². The predicted molar refractivity (Wildman–Crippen MR) is 32.7 cm³/mol. The van der Waals surface area contributed by atoms with Crippen LogP contribution in [0.15, 0.2) is 0 Å². The van der Waals surface area contributed by atoms with Crippen LogP contribution in [0.1, 0.15) is 19.3 Å². The van der Waals surface area contributed by atoms with Crippen LogP contribution in [0.5, 0.6) is 0 Å². The lowest BCUT2D eigenvalue weighted by molar-refractivity contribution is 0.228. The zero-order chi connectivity index (χ0) is 6.41. The van der Waals surface area contributed by atoms with Crippen molar-refractivity contribution in [2.75, 3.05) is 6.61 Å². The fourth-order valence-corrected chi connectivity index (χ4v) is 0.465. The molecule has 0 saturated heterocycles. The van der Waals surface area contributed by atoms with Gasteiger partial charge in [-0.1, -0.05) is 0 Å². The molecule has 2 N–H and O–H groups in total. The Labute approximate surface area is 50.9 Å². The van der Waals surface area contributed by atoms with E-state index < -0.39 is 6.00 Å². The Bertz CT molecular complexity index is 47.7. The minimum Gasteiger partial charge on any atom is -0.403 e. The maximum atomic E-state index is 8.48. The van der Waals surface area contributed by atoms with Gasteiger partial charge in [0.05, 0.1) is 0 Å². The van der Waals surface area contributed by atoms with Crippen LogP contribution < -0.4 is 0 Å². The molecule has 0 aliphatic rings. The Morgan fingerprint density at radius 1 is 1.38 bits per heavy atom. The molecule has 0 aromatic carbocycles. The molecule has 46 valence electrons. The second-order valence-corrected chi connectivity index (χ2v) is 1.79. The fourth-order valence-electron chi connectivity index (χ4n) is 0.465. The number of rotatable bonds is 4. The highest BCUT2D eigenvalue weighted by atomic mass is 16.3. The molecule has 0 rings (SSSR count). The van der Waals surface area contributed by atoms with E-state index in [9.17, 15) is 0 Å². The minimum atomic E-state index is -0.707. The molecule has 2 radical (unpaired) electrons. The van der Waals surface area contributed by atoms with Gasteiger partial charge < -0.3 is 10.2 Å². The fraction of sp³-hybridized carbons (Fsp3) is 1.00. The molecule has 0 aromatic heterocycles. The smallest absolute Gasteiger partial charge is 0.108 e. The third kappa shape index (κ3) is 5.98.